The van der Waals surface area contributed by atoms with Crippen LogP contribution in [0.25, 0.3) is 0 Å². The second kappa shape index (κ2) is 6.35. The second-order valence-electron chi connectivity index (χ2n) is 4.32. The van der Waals surface area contributed by atoms with Crippen LogP contribution in [0.5, 0.6) is 0 Å². The topological polar surface area (TPSA) is 40.5 Å². The minimum Gasteiger partial charge on any atom is -0.481 e. The lowest BCUT2D eigenvalue weighted by Crippen LogP contribution is -2.29. The first-order valence-corrected chi connectivity index (χ1v) is 5.65. The molecule has 0 saturated carbocycles. The van der Waals surface area contributed by atoms with Gasteiger partial charge in [0.25, 0.3) is 0 Å². The molecule has 0 aromatic heterocycles. The molecule has 0 saturated heterocycles. The van der Waals surface area contributed by atoms with E-state index in [1.54, 1.807) is 12.1 Å². The van der Waals surface area contributed by atoms with Gasteiger partial charge in [0.1, 0.15) is 5.82 Å². The summed E-state index contributed by atoms with van der Waals surface area (Å²) in [5.41, 5.74) is 1.02. The SMILES string of the molecule is CC(CCC(=O)O)N(C)Cc1ccc(F)cc1. The van der Waals surface area contributed by atoms with Crippen LogP contribution in [0.1, 0.15) is 25.3 Å². The van der Waals surface area contributed by atoms with Gasteiger partial charge in [-0.05, 0) is 38.1 Å². The number of hydrogen-bond donors (Lipinski definition) is 1. The van der Waals surface area contributed by atoms with Crippen LogP contribution in [0, 0.1) is 5.82 Å². The van der Waals surface area contributed by atoms with Crippen molar-refractivity contribution in [3.63, 3.8) is 0 Å². The summed E-state index contributed by atoms with van der Waals surface area (Å²) in [6, 6.07) is 6.55. The summed E-state index contributed by atoms with van der Waals surface area (Å²) in [5.74, 6) is -1.01. The molecule has 1 N–H and O–H groups in total. The highest BCUT2D eigenvalue weighted by atomic mass is 19.1. The molecular weight excluding hydrogens is 221 g/mol. The fourth-order valence-corrected chi connectivity index (χ4v) is 1.59. The Hall–Kier alpha value is -1.42. The average Bonchev–Trinajstić information content (AvgIpc) is 2.28. The van der Waals surface area contributed by atoms with Gasteiger partial charge >= 0.3 is 5.97 Å². The van der Waals surface area contributed by atoms with Gasteiger partial charge in [0.05, 0.1) is 0 Å². The lowest BCUT2D eigenvalue weighted by molar-refractivity contribution is -0.137. The molecule has 0 heterocycles. The Labute approximate surface area is 101 Å². The summed E-state index contributed by atoms with van der Waals surface area (Å²) in [6.07, 6.45) is 0.794. The van der Waals surface area contributed by atoms with Crippen molar-refractivity contribution in [2.24, 2.45) is 0 Å². The van der Waals surface area contributed by atoms with E-state index in [2.05, 4.69) is 4.90 Å². The summed E-state index contributed by atoms with van der Waals surface area (Å²) in [6.45, 7) is 2.69. The van der Waals surface area contributed by atoms with Crippen molar-refractivity contribution >= 4 is 5.97 Å². The maximum Gasteiger partial charge on any atom is 0.303 e. The number of carbonyl (C=O) groups is 1. The molecule has 94 valence electrons. The summed E-state index contributed by atoms with van der Waals surface area (Å²) < 4.78 is 12.7. The van der Waals surface area contributed by atoms with E-state index in [-0.39, 0.29) is 18.3 Å². The van der Waals surface area contributed by atoms with Gasteiger partial charge in [-0.2, -0.15) is 0 Å². The van der Waals surface area contributed by atoms with Crippen LogP contribution in [0.2, 0.25) is 0 Å². The molecule has 1 atom stereocenters. The molecule has 1 aromatic carbocycles. The van der Waals surface area contributed by atoms with E-state index in [1.807, 2.05) is 14.0 Å². The van der Waals surface area contributed by atoms with Gasteiger partial charge in [-0.1, -0.05) is 12.1 Å². The highest BCUT2D eigenvalue weighted by Gasteiger charge is 2.11. The third-order valence-corrected chi connectivity index (χ3v) is 2.87. The zero-order valence-corrected chi connectivity index (χ0v) is 10.2. The molecule has 3 nitrogen and oxygen atoms in total. The van der Waals surface area contributed by atoms with E-state index in [0.717, 1.165) is 5.56 Å². The number of rotatable bonds is 6. The van der Waals surface area contributed by atoms with Crippen LogP contribution in [0.15, 0.2) is 24.3 Å². The van der Waals surface area contributed by atoms with Gasteiger partial charge in [-0.3, -0.25) is 9.69 Å². The van der Waals surface area contributed by atoms with Crippen LogP contribution in [0.3, 0.4) is 0 Å². The van der Waals surface area contributed by atoms with Gasteiger partial charge in [0.2, 0.25) is 0 Å². The van der Waals surface area contributed by atoms with Crippen LogP contribution in [-0.4, -0.2) is 29.1 Å². The van der Waals surface area contributed by atoms with Crippen LogP contribution in [-0.2, 0) is 11.3 Å². The normalized spacial score (nSPS) is 12.7. The van der Waals surface area contributed by atoms with Crippen molar-refractivity contribution in [1.82, 2.24) is 4.90 Å². The molecule has 1 aromatic rings. The molecule has 0 aliphatic rings. The summed E-state index contributed by atoms with van der Waals surface area (Å²) in [7, 11) is 1.94. The Bertz CT molecular complexity index is 364. The molecule has 0 aliphatic heterocycles. The van der Waals surface area contributed by atoms with Crippen molar-refractivity contribution in [3.05, 3.63) is 35.6 Å². The fraction of sp³-hybridized carbons (Fsp3) is 0.462. The van der Waals surface area contributed by atoms with Crippen LogP contribution < -0.4 is 0 Å². The number of carboxylic acid groups (broad SMARTS) is 1. The standard InChI is InChI=1S/C13H18FNO2/c1-10(3-8-13(16)17)15(2)9-11-4-6-12(14)7-5-11/h4-7,10H,3,8-9H2,1-2H3,(H,16,17). The van der Waals surface area contributed by atoms with Crippen molar-refractivity contribution in [3.8, 4) is 0 Å². The molecule has 17 heavy (non-hydrogen) atoms. The lowest BCUT2D eigenvalue weighted by Gasteiger charge is -2.24. The maximum atomic E-state index is 12.7. The number of benzene rings is 1. The highest BCUT2D eigenvalue weighted by Crippen LogP contribution is 2.10. The predicted molar refractivity (Wildman–Crippen MR) is 64.2 cm³/mol. The molecule has 4 heteroatoms. The van der Waals surface area contributed by atoms with E-state index in [0.29, 0.717) is 13.0 Å². The highest BCUT2D eigenvalue weighted by molar-refractivity contribution is 5.66. The van der Waals surface area contributed by atoms with Gasteiger partial charge < -0.3 is 5.11 Å². The van der Waals surface area contributed by atoms with Gasteiger partial charge in [0, 0.05) is 19.0 Å². The fourth-order valence-electron chi connectivity index (χ4n) is 1.59. The predicted octanol–water partition coefficient (Wildman–Crippen LogP) is 2.51. The summed E-state index contributed by atoms with van der Waals surface area (Å²) in [5, 5.41) is 8.60. The van der Waals surface area contributed by atoms with Crippen LogP contribution in [0.4, 0.5) is 4.39 Å². The van der Waals surface area contributed by atoms with E-state index in [1.165, 1.54) is 12.1 Å². The molecule has 0 radical (unpaired) electrons. The first-order chi connectivity index (χ1) is 7.99. The Balaban J connectivity index is 2.45. The average molecular weight is 239 g/mol. The van der Waals surface area contributed by atoms with Crippen molar-refractivity contribution in [2.75, 3.05) is 7.05 Å². The summed E-state index contributed by atoms with van der Waals surface area (Å²) in [4.78, 5) is 12.5. The Morgan fingerprint density at radius 2 is 2.00 bits per heavy atom. The summed E-state index contributed by atoms with van der Waals surface area (Å²) >= 11 is 0. The molecule has 0 amide bonds. The van der Waals surface area contributed by atoms with Gasteiger partial charge in [-0.25, -0.2) is 4.39 Å². The van der Waals surface area contributed by atoms with Crippen LogP contribution >= 0.6 is 0 Å². The molecule has 0 spiro atoms. The zero-order chi connectivity index (χ0) is 12.8. The second-order valence-corrected chi connectivity index (χ2v) is 4.32. The minimum atomic E-state index is -0.771. The number of carboxylic acids is 1. The monoisotopic (exact) mass is 239 g/mol. The van der Waals surface area contributed by atoms with Gasteiger partial charge in [-0.15, -0.1) is 0 Å². The smallest absolute Gasteiger partial charge is 0.303 e. The van der Waals surface area contributed by atoms with Crippen molar-refractivity contribution in [1.29, 1.82) is 0 Å². The lowest BCUT2D eigenvalue weighted by atomic mass is 10.1. The molecule has 0 fully saturated rings. The largest absolute Gasteiger partial charge is 0.481 e. The maximum absolute atomic E-state index is 12.7. The Morgan fingerprint density at radius 3 is 2.53 bits per heavy atom. The molecule has 1 unspecified atom stereocenters. The minimum absolute atomic E-state index is 0.176. The van der Waals surface area contributed by atoms with Crippen molar-refractivity contribution < 1.29 is 14.3 Å². The third-order valence-electron chi connectivity index (χ3n) is 2.87. The van der Waals surface area contributed by atoms with E-state index in [4.69, 9.17) is 5.11 Å². The zero-order valence-electron chi connectivity index (χ0n) is 10.2. The molecule has 1 rings (SSSR count). The van der Waals surface area contributed by atoms with E-state index < -0.39 is 5.97 Å². The van der Waals surface area contributed by atoms with E-state index >= 15 is 0 Å². The number of hydrogen-bond acceptors (Lipinski definition) is 2. The first-order valence-electron chi connectivity index (χ1n) is 5.65. The van der Waals surface area contributed by atoms with Gasteiger partial charge in [0.15, 0.2) is 0 Å². The number of aliphatic carboxylic acids is 1. The third kappa shape index (κ3) is 4.95. The van der Waals surface area contributed by atoms with Crippen molar-refractivity contribution in [2.45, 2.75) is 32.4 Å². The Morgan fingerprint density at radius 1 is 1.41 bits per heavy atom. The molecule has 0 aliphatic carbocycles. The van der Waals surface area contributed by atoms with E-state index in [9.17, 15) is 9.18 Å². The number of halogens is 1. The molecule has 0 bridgehead atoms. The number of nitrogens with zero attached hydrogens (tertiary/aromatic N) is 1. The first kappa shape index (κ1) is 13.6. The molecular formula is C13H18FNO2. The quantitative estimate of drug-likeness (QED) is 0.829. The Kier molecular flexibility index (Phi) is 5.10.